The molecule has 1 atom stereocenters. The van der Waals surface area contributed by atoms with E-state index in [4.69, 9.17) is 15.3 Å². The van der Waals surface area contributed by atoms with Gasteiger partial charge in [0.1, 0.15) is 6.10 Å². The molecule has 0 aliphatic heterocycles. The fourth-order valence-corrected chi connectivity index (χ4v) is 0.699. The molecule has 0 aliphatic carbocycles. The summed E-state index contributed by atoms with van der Waals surface area (Å²) < 4.78 is 4.45. The molecule has 0 heterocycles. The smallest absolute Gasteiger partial charge is 0.402 e. The number of rotatable bonds is 5. The van der Waals surface area contributed by atoms with Crippen LogP contribution in [-0.2, 0) is 4.65 Å². The Morgan fingerprint density at radius 2 is 2.27 bits per heavy atom. The van der Waals surface area contributed by atoms with Gasteiger partial charge < -0.3 is 14.7 Å². The van der Waals surface area contributed by atoms with Crippen LogP contribution in [0.15, 0.2) is 0 Å². The first kappa shape index (κ1) is 10.4. The highest BCUT2D eigenvalue weighted by Gasteiger charge is 2.16. The molecule has 62 valence electrons. The summed E-state index contributed by atoms with van der Waals surface area (Å²) in [7, 11) is -1.84. The molecule has 0 saturated carbocycles. The van der Waals surface area contributed by atoms with E-state index in [0.717, 1.165) is 12.8 Å². The molecule has 2 N–H and O–H groups in total. The molecule has 0 spiro atoms. The van der Waals surface area contributed by atoms with Crippen molar-refractivity contribution in [2.75, 3.05) is 0 Å². The van der Waals surface area contributed by atoms with Crippen molar-refractivity contribution in [2.24, 2.45) is 0 Å². The van der Waals surface area contributed by atoms with Crippen LogP contribution in [0.4, 0.5) is 0 Å². The summed E-state index contributed by atoms with van der Waals surface area (Å²) in [5.41, 5.74) is 0. The minimum atomic E-state index is -1.84. The van der Waals surface area contributed by atoms with Crippen LogP contribution in [0, 0.1) is 11.3 Å². The van der Waals surface area contributed by atoms with E-state index in [-0.39, 0.29) is 0 Å². The maximum Gasteiger partial charge on any atom is 0.634 e. The molecule has 4 nitrogen and oxygen atoms in total. The van der Waals surface area contributed by atoms with Gasteiger partial charge in [-0.1, -0.05) is 19.8 Å². The number of nitriles is 1. The van der Waals surface area contributed by atoms with Crippen molar-refractivity contribution in [3.63, 3.8) is 0 Å². The molecule has 0 aliphatic rings. The lowest BCUT2D eigenvalue weighted by atomic mass is 10.1. The second-order valence-electron chi connectivity index (χ2n) is 2.22. The normalized spacial score (nSPS) is 12.2. The zero-order chi connectivity index (χ0) is 8.69. The van der Waals surface area contributed by atoms with Crippen LogP contribution in [-0.4, -0.2) is 23.5 Å². The van der Waals surface area contributed by atoms with Gasteiger partial charge in [0.15, 0.2) is 0 Å². The molecule has 0 bridgehead atoms. The molecule has 0 aromatic carbocycles. The van der Waals surface area contributed by atoms with Crippen LogP contribution in [0.3, 0.4) is 0 Å². The minimum absolute atomic E-state index is 0.546. The van der Waals surface area contributed by atoms with Crippen molar-refractivity contribution in [2.45, 2.75) is 32.3 Å². The first-order valence-corrected chi connectivity index (χ1v) is 3.62. The highest BCUT2D eigenvalue weighted by atomic mass is 16.6. The topological polar surface area (TPSA) is 73.5 Å². The summed E-state index contributed by atoms with van der Waals surface area (Å²) in [5.74, 6) is 0. The number of hydrogen-bond acceptors (Lipinski definition) is 4. The summed E-state index contributed by atoms with van der Waals surface area (Å²) in [5, 5.41) is 25.1. The molecule has 0 fully saturated rings. The molecule has 11 heavy (non-hydrogen) atoms. The minimum Gasteiger partial charge on any atom is -0.402 e. The quantitative estimate of drug-likeness (QED) is 0.553. The molecule has 0 radical (unpaired) electrons. The van der Waals surface area contributed by atoms with E-state index in [9.17, 15) is 0 Å². The molecule has 0 saturated heterocycles. The lowest BCUT2D eigenvalue weighted by molar-refractivity contribution is 0.144. The third-order valence-corrected chi connectivity index (χ3v) is 1.25. The molecule has 5 heteroatoms. The van der Waals surface area contributed by atoms with Crippen LogP contribution < -0.4 is 0 Å². The number of nitrogens with zero attached hydrogens (tertiary/aromatic N) is 1. The molecule has 0 amide bonds. The van der Waals surface area contributed by atoms with E-state index in [0.29, 0.717) is 6.42 Å². The van der Waals surface area contributed by atoms with Crippen molar-refractivity contribution >= 4 is 7.32 Å². The molecular weight excluding hydrogens is 145 g/mol. The third kappa shape index (κ3) is 5.86. The SMILES string of the molecule is CCCCC(C#N)OB(O)O. The predicted molar refractivity (Wildman–Crippen MR) is 40.2 cm³/mol. The van der Waals surface area contributed by atoms with Crippen molar-refractivity contribution in [3.8, 4) is 6.07 Å². The molecule has 1 unspecified atom stereocenters. The van der Waals surface area contributed by atoms with Gasteiger partial charge in [-0.3, -0.25) is 0 Å². The van der Waals surface area contributed by atoms with E-state index in [1.165, 1.54) is 0 Å². The Morgan fingerprint density at radius 3 is 2.64 bits per heavy atom. The maximum absolute atomic E-state index is 8.40. The van der Waals surface area contributed by atoms with Gasteiger partial charge in [-0.2, -0.15) is 5.26 Å². The highest BCUT2D eigenvalue weighted by molar-refractivity contribution is 6.32. The van der Waals surface area contributed by atoms with Crippen LogP contribution in [0.1, 0.15) is 26.2 Å². The third-order valence-electron chi connectivity index (χ3n) is 1.25. The Balaban J connectivity index is 3.52. The standard InChI is InChI=1S/C6H12BNO3/c1-2-3-4-6(5-8)11-7(9)10/h6,9-10H,2-4H2,1H3. The average molecular weight is 157 g/mol. The van der Waals surface area contributed by atoms with Crippen molar-refractivity contribution in [3.05, 3.63) is 0 Å². The molecule has 0 rings (SSSR count). The van der Waals surface area contributed by atoms with Gasteiger partial charge >= 0.3 is 7.32 Å². The van der Waals surface area contributed by atoms with Crippen molar-refractivity contribution in [1.82, 2.24) is 0 Å². The Kier molecular flexibility index (Phi) is 5.85. The van der Waals surface area contributed by atoms with Crippen LogP contribution in [0.25, 0.3) is 0 Å². The van der Waals surface area contributed by atoms with E-state index in [2.05, 4.69) is 4.65 Å². The van der Waals surface area contributed by atoms with E-state index >= 15 is 0 Å². The van der Waals surface area contributed by atoms with Crippen molar-refractivity contribution < 1.29 is 14.7 Å². The second kappa shape index (κ2) is 6.16. The van der Waals surface area contributed by atoms with E-state index in [1.54, 1.807) is 0 Å². The maximum atomic E-state index is 8.40. The van der Waals surface area contributed by atoms with Crippen LogP contribution in [0.5, 0.6) is 0 Å². The largest absolute Gasteiger partial charge is 0.634 e. The van der Waals surface area contributed by atoms with Crippen LogP contribution in [0.2, 0.25) is 0 Å². The summed E-state index contributed by atoms with van der Waals surface area (Å²) >= 11 is 0. The average Bonchev–Trinajstić information content (AvgIpc) is 1.97. The lowest BCUT2D eigenvalue weighted by Gasteiger charge is -2.07. The van der Waals surface area contributed by atoms with Gasteiger partial charge in [-0.25, -0.2) is 0 Å². The molecule has 0 aromatic rings. The number of hydrogen-bond donors (Lipinski definition) is 2. The summed E-state index contributed by atoms with van der Waals surface area (Å²) in [6, 6.07) is 1.83. The van der Waals surface area contributed by atoms with Gasteiger partial charge in [0.25, 0.3) is 0 Å². The number of unbranched alkanes of at least 4 members (excludes halogenated alkanes) is 1. The summed E-state index contributed by atoms with van der Waals surface area (Å²) in [6.07, 6.45) is 1.66. The molecular formula is C6H12BNO3. The van der Waals surface area contributed by atoms with Crippen LogP contribution >= 0.6 is 0 Å². The monoisotopic (exact) mass is 157 g/mol. The van der Waals surface area contributed by atoms with Gasteiger partial charge in [-0.05, 0) is 6.42 Å². The zero-order valence-corrected chi connectivity index (χ0v) is 6.53. The van der Waals surface area contributed by atoms with Gasteiger partial charge in [-0.15, -0.1) is 0 Å². The lowest BCUT2D eigenvalue weighted by Crippen LogP contribution is -2.24. The Hall–Kier alpha value is -0.565. The first-order valence-electron chi connectivity index (χ1n) is 3.62. The summed E-state index contributed by atoms with van der Waals surface area (Å²) in [4.78, 5) is 0. The highest BCUT2D eigenvalue weighted by Crippen LogP contribution is 2.03. The zero-order valence-electron chi connectivity index (χ0n) is 6.53. The van der Waals surface area contributed by atoms with Gasteiger partial charge in [0, 0.05) is 0 Å². The Labute approximate surface area is 66.6 Å². The Bertz CT molecular complexity index is 134. The van der Waals surface area contributed by atoms with Gasteiger partial charge in [0.2, 0.25) is 0 Å². The Morgan fingerprint density at radius 1 is 1.64 bits per heavy atom. The second-order valence-corrected chi connectivity index (χ2v) is 2.22. The van der Waals surface area contributed by atoms with Crippen molar-refractivity contribution in [1.29, 1.82) is 5.26 Å². The fraction of sp³-hybridized carbons (Fsp3) is 0.833. The van der Waals surface area contributed by atoms with E-state index < -0.39 is 13.4 Å². The summed E-state index contributed by atoms with van der Waals surface area (Å²) in [6.45, 7) is 1.99. The fourth-order valence-electron chi connectivity index (χ4n) is 0.699. The first-order chi connectivity index (χ1) is 5.20. The van der Waals surface area contributed by atoms with E-state index in [1.807, 2.05) is 13.0 Å². The molecule has 0 aromatic heterocycles. The van der Waals surface area contributed by atoms with Gasteiger partial charge in [0.05, 0.1) is 6.07 Å². The predicted octanol–water partition coefficient (Wildman–Crippen LogP) is 0.0549.